The smallest absolute Gasteiger partial charge is 0.343 e. The molecule has 1 heterocycles. The SMILES string of the molecule is CCCCOc1ccc(C(=O)N2CCC(F)(C(=O)O)C2)cc1OCC. The van der Waals surface area contributed by atoms with Gasteiger partial charge in [-0.25, -0.2) is 9.18 Å². The van der Waals surface area contributed by atoms with E-state index in [0.29, 0.717) is 30.3 Å². The van der Waals surface area contributed by atoms with Crippen LogP contribution in [0.25, 0.3) is 0 Å². The summed E-state index contributed by atoms with van der Waals surface area (Å²) in [6.07, 6.45) is 1.71. The second-order valence-electron chi connectivity index (χ2n) is 6.04. The maximum absolute atomic E-state index is 14.2. The van der Waals surface area contributed by atoms with Crippen molar-refractivity contribution in [1.29, 1.82) is 0 Å². The highest BCUT2D eigenvalue weighted by Gasteiger charge is 2.47. The number of aliphatic carboxylic acids is 1. The first kappa shape index (κ1) is 19.0. The molecular formula is C18H24FNO5. The summed E-state index contributed by atoms with van der Waals surface area (Å²) >= 11 is 0. The van der Waals surface area contributed by atoms with Gasteiger partial charge in [0.05, 0.1) is 19.8 Å². The second kappa shape index (κ2) is 8.18. The largest absolute Gasteiger partial charge is 0.490 e. The molecule has 6 nitrogen and oxygen atoms in total. The zero-order valence-electron chi connectivity index (χ0n) is 14.6. The van der Waals surface area contributed by atoms with E-state index in [2.05, 4.69) is 6.92 Å². The highest BCUT2D eigenvalue weighted by molar-refractivity contribution is 5.96. The van der Waals surface area contributed by atoms with E-state index in [0.717, 1.165) is 12.8 Å². The molecule has 2 rings (SSSR count). The van der Waals surface area contributed by atoms with Crippen LogP contribution in [-0.2, 0) is 4.79 Å². The number of carbonyl (C=O) groups is 2. The summed E-state index contributed by atoms with van der Waals surface area (Å²) in [5.41, 5.74) is -2.05. The first-order valence-electron chi connectivity index (χ1n) is 8.52. The summed E-state index contributed by atoms with van der Waals surface area (Å²) in [6.45, 7) is 4.49. The zero-order valence-corrected chi connectivity index (χ0v) is 14.6. The van der Waals surface area contributed by atoms with Gasteiger partial charge in [0.25, 0.3) is 5.91 Å². The molecule has 138 valence electrons. The van der Waals surface area contributed by atoms with E-state index >= 15 is 0 Å². The fourth-order valence-electron chi connectivity index (χ4n) is 2.66. The molecule has 0 radical (unpaired) electrons. The molecule has 1 atom stereocenters. The number of rotatable bonds is 8. The molecule has 25 heavy (non-hydrogen) atoms. The van der Waals surface area contributed by atoms with Gasteiger partial charge in [-0.05, 0) is 31.5 Å². The highest BCUT2D eigenvalue weighted by atomic mass is 19.1. The van der Waals surface area contributed by atoms with Crippen LogP contribution in [0, 0.1) is 0 Å². The number of likely N-dealkylation sites (tertiary alicyclic amines) is 1. The van der Waals surface area contributed by atoms with Crippen molar-refractivity contribution in [2.45, 2.75) is 38.8 Å². The molecular weight excluding hydrogens is 329 g/mol. The van der Waals surface area contributed by atoms with Crippen LogP contribution in [0.4, 0.5) is 4.39 Å². The number of hydrogen-bond acceptors (Lipinski definition) is 4. The molecule has 1 aliphatic rings. The first-order chi connectivity index (χ1) is 11.9. The summed E-state index contributed by atoms with van der Waals surface area (Å²) in [5.74, 6) is -0.939. The Morgan fingerprint density at radius 2 is 2.04 bits per heavy atom. The van der Waals surface area contributed by atoms with Crippen molar-refractivity contribution in [2.75, 3.05) is 26.3 Å². The van der Waals surface area contributed by atoms with E-state index in [1.165, 1.54) is 4.90 Å². The normalized spacial score (nSPS) is 19.7. The molecule has 1 aliphatic heterocycles. The number of nitrogens with zero attached hydrogens (tertiary/aromatic N) is 1. The van der Waals surface area contributed by atoms with Gasteiger partial charge >= 0.3 is 5.97 Å². The van der Waals surface area contributed by atoms with E-state index < -0.39 is 24.1 Å². The monoisotopic (exact) mass is 353 g/mol. The van der Waals surface area contributed by atoms with Crippen LogP contribution in [0.5, 0.6) is 11.5 Å². The van der Waals surface area contributed by atoms with Gasteiger partial charge in [0, 0.05) is 18.5 Å². The molecule has 1 saturated heterocycles. The molecule has 1 N–H and O–H groups in total. The number of halogens is 1. The minimum Gasteiger partial charge on any atom is -0.490 e. The highest BCUT2D eigenvalue weighted by Crippen LogP contribution is 2.31. The lowest BCUT2D eigenvalue weighted by Crippen LogP contribution is -2.38. The predicted molar refractivity (Wildman–Crippen MR) is 90.0 cm³/mol. The summed E-state index contributed by atoms with van der Waals surface area (Å²) < 4.78 is 25.4. The van der Waals surface area contributed by atoms with E-state index in [1.54, 1.807) is 18.2 Å². The third-order valence-corrected chi connectivity index (χ3v) is 4.14. The number of unbranched alkanes of at least 4 members (excludes halogenated alkanes) is 1. The van der Waals surface area contributed by atoms with E-state index in [1.807, 2.05) is 6.92 Å². The Morgan fingerprint density at radius 1 is 1.28 bits per heavy atom. The van der Waals surface area contributed by atoms with Gasteiger partial charge < -0.3 is 19.5 Å². The fraction of sp³-hybridized carbons (Fsp3) is 0.556. The average molecular weight is 353 g/mol. The van der Waals surface area contributed by atoms with Gasteiger partial charge in [-0.3, -0.25) is 4.79 Å². The Morgan fingerprint density at radius 3 is 2.64 bits per heavy atom. The third kappa shape index (κ3) is 4.41. The molecule has 1 aromatic rings. The van der Waals surface area contributed by atoms with Crippen molar-refractivity contribution in [3.05, 3.63) is 23.8 Å². The van der Waals surface area contributed by atoms with Gasteiger partial charge in [0.2, 0.25) is 5.67 Å². The zero-order chi connectivity index (χ0) is 18.4. The third-order valence-electron chi connectivity index (χ3n) is 4.14. The number of carbonyl (C=O) groups excluding carboxylic acids is 1. The Kier molecular flexibility index (Phi) is 6.22. The summed E-state index contributed by atoms with van der Waals surface area (Å²) in [6, 6.07) is 4.81. The number of ether oxygens (including phenoxy) is 2. The Labute approximate surface area is 146 Å². The Bertz CT molecular complexity index is 636. The average Bonchev–Trinajstić information content (AvgIpc) is 3.00. The lowest BCUT2D eigenvalue weighted by molar-refractivity contribution is -0.149. The quantitative estimate of drug-likeness (QED) is 0.727. The van der Waals surface area contributed by atoms with Gasteiger partial charge in [0.1, 0.15) is 0 Å². The van der Waals surface area contributed by atoms with Crippen molar-refractivity contribution in [3.8, 4) is 11.5 Å². The molecule has 0 spiro atoms. The molecule has 0 bridgehead atoms. The molecule has 1 aromatic carbocycles. The standard InChI is InChI=1S/C18H24FNO5/c1-3-5-10-25-14-7-6-13(11-15(14)24-4-2)16(21)20-9-8-18(19,12-20)17(22)23/h6-7,11H,3-5,8-10,12H2,1-2H3,(H,22,23). The van der Waals surface area contributed by atoms with E-state index in [4.69, 9.17) is 14.6 Å². The van der Waals surface area contributed by atoms with Crippen LogP contribution in [0.1, 0.15) is 43.5 Å². The minimum atomic E-state index is -2.37. The van der Waals surface area contributed by atoms with Gasteiger partial charge in [-0.2, -0.15) is 0 Å². The summed E-state index contributed by atoms with van der Waals surface area (Å²) in [4.78, 5) is 24.8. The van der Waals surface area contributed by atoms with Crippen molar-refractivity contribution >= 4 is 11.9 Å². The number of amides is 1. The fourth-order valence-corrected chi connectivity index (χ4v) is 2.66. The molecule has 0 aliphatic carbocycles. The molecule has 1 fully saturated rings. The number of benzene rings is 1. The van der Waals surface area contributed by atoms with Crippen molar-refractivity contribution in [2.24, 2.45) is 0 Å². The van der Waals surface area contributed by atoms with Crippen molar-refractivity contribution < 1.29 is 28.6 Å². The maximum Gasteiger partial charge on any atom is 0.343 e. The van der Waals surface area contributed by atoms with Crippen LogP contribution in [0.2, 0.25) is 0 Å². The molecule has 1 unspecified atom stereocenters. The number of carboxylic acids is 1. The van der Waals surface area contributed by atoms with Crippen LogP contribution in [0.3, 0.4) is 0 Å². The van der Waals surface area contributed by atoms with E-state index in [9.17, 15) is 14.0 Å². The lowest BCUT2D eigenvalue weighted by Gasteiger charge is -2.19. The number of alkyl halides is 1. The predicted octanol–water partition coefficient (Wildman–Crippen LogP) is 2.90. The minimum absolute atomic E-state index is 0.0698. The summed E-state index contributed by atoms with van der Waals surface area (Å²) in [7, 11) is 0. The lowest BCUT2D eigenvalue weighted by atomic mass is 10.1. The maximum atomic E-state index is 14.2. The van der Waals surface area contributed by atoms with Gasteiger partial charge in [-0.15, -0.1) is 0 Å². The van der Waals surface area contributed by atoms with Crippen LogP contribution in [0.15, 0.2) is 18.2 Å². The van der Waals surface area contributed by atoms with Crippen LogP contribution < -0.4 is 9.47 Å². The van der Waals surface area contributed by atoms with E-state index in [-0.39, 0.29) is 13.0 Å². The topological polar surface area (TPSA) is 76.1 Å². The molecule has 0 saturated carbocycles. The second-order valence-corrected chi connectivity index (χ2v) is 6.04. The number of carboxylic acid groups (broad SMARTS) is 1. The van der Waals surface area contributed by atoms with Crippen LogP contribution >= 0.6 is 0 Å². The van der Waals surface area contributed by atoms with Gasteiger partial charge in [0.15, 0.2) is 11.5 Å². The van der Waals surface area contributed by atoms with Crippen LogP contribution in [-0.4, -0.2) is 53.9 Å². The number of hydrogen-bond donors (Lipinski definition) is 1. The molecule has 0 aromatic heterocycles. The first-order valence-corrected chi connectivity index (χ1v) is 8.52. The Balaban J connectivity index is 2.14. The molecule has 7 heteroatoms. The van der Waals surface area contributed by atoms with Crippen molar-refractivity contribution in [1.82, 2.24) is 4.90 Å². The van der Waals surface area contributed by atoms with Gasteiger partial charge in [-0.1, -0.05) is 13.3 Å². The Hall–Kier alpha value is -2.31. The van der Waals surface area contributed by atoms with Crippen molar-refractivity contribution in [3.63, 3.8) is 0 Å². The molecule has 1 amide bonds. The summed E-state index contributed by atoms with van der Waals surface area (Å²) in [5, 5.41) is 8.95.